The number of benzene rings is 2. The van der Waals surface area contributed by atoms with Crippen molar-refractivity contribution in [2.24, 2.45) is 0 Å². The third-order valence-corrected chi connectivity index (χ3v) is 4.12. The second-order valence-electron chi connectivity index (χ2n) is 6.23. The molecule has 0 aliphatic carbocycles. The van der Waals surface area contributed by atoms with Crippen LogP contribution in [0, 0.1) is 13.8 Å². The van der Waals surface area contributed by atoms with Gasteiger partial charge in [-0.15, -0.1) is 0 Å². The topological polar surface area (TPSA) is 72.5 Å². The average molecular weight is 386 g/mol. The van der Waals surface area contributed by atoms with Crippen LogP contribution in [0.3, 0.4) is 0 Å². The van der Waals surface area contributed by atoms with Crippen LogP contribution in [0.2, 0.25) is 0 Å². The van der Waals surface area contributed by atoms with Gasteiger partial charge in [-0.3, -0.25) is 9.59 Å². The third kappa shape index (κ3) is 6.99. The zero-order valence-corrected chi connectivity index (χ0v) is 17.3. The van der Waals surface area contributed by atoms with Crippen molar-refractivity contribution in [1.82, 2.24) is 0 Å². The first-order valence-corrected chi connectivity index (χ1v) is 9.55. The van der Waals surface area contributed by atoms with Crippen LogP contribution in [0.25, 0.3) is 0 Å². The quantitative estimate of drug-likeness (QED) is 0.505. The Morgan fingerprint density at radius 3 is 2.32 bits per heavy atom. The number of aryl methyl sites for hydroxylation is 1. The predicted molar refractivity (Wildman–Crippen MR) is 114 cm³/mol. The fourth-order valence-electron chi connectivity index (χ4n) is 2.47. The highest BCUT2D eigenvalue weighted by Gasteiger charge is 2.16. The molecule has 28 heavy (non-hydrogen) atoms. The van der Waals surface area contributed by atoms with Gasteiger partial charge >= 0.3 is 5.97 Å². The molecule has 1 amide bonds. The van der Waals surface area contributed by atoms with Crippen LogP contribution in [0.5, 0.6) is 5.75 Å². The molecule has 0 saturated carbocycles. The second-order valence-corrected chi connectivity index (χ2v) is 6.23. The molecule has 0 fully saturated rings. The van der Waals surface area contributed by atoms with Crippen molar-refractivity contribution in [2.45, 2.75) is 53.9 Å². The molecule has 0 heterocycles. The summed E-state index contributed by atoms with van der Waals surface area (Å²) in [6.07, 6.45) is 0.904. The second kappa shape index (κ2) is 11.7. The van der Waals surface area contributed by atoms with E-state index in [0.717, 1.165) is 16.8 Å². The summed E-state index contributed by atoms with van der Waals surface area (Å²) in [6.45, 7) is 9.39. The Morgan fingerprint density at radius 2 is 1.64 bits per heavy atom. The Balaban J connectivity index is 0.00000253. The van der Waals surface area contributed by atoms with Gasteiger partial charge < -0.3 is 14.8 Å². The molecule has 5 nitrogen and oxygen atoms in total. The number of esters is 1. The molecule has 0 spiro atoms. The van der Waals surface area contributed by atoms with Crippen LogP contribution in [-0.2, 0) is 9.59 Å². The van der Waals surface area contributed by atoms with Crippen molar-refractivity contribution in [1.29, 1.82) is 0 Å². The predicted octanol–water partition coefficient (Wildman–Crippen LogP) is 5.49. The lowest BCUT2D eigenvalue weighted by atomic mass is 10.1. The summed E-state index contributed by atoms with van der Waals surface area (Å²) in [5.74, 6) is -0.557. The smallest absolute Gasteiger partial charge is 0.311 e. The molecule has 2 aromatic rings. The summed E-state index contributed by atoms with van der Waals surface area (Å²) in [7, 11) is 0. The molecule has 152 valence electrons. The lowest BCUT2D eigenvalue weighted by Crippen LogP contribution is -2.16. The molecule has 0 unspecified atom stereocenters. The van der Waals surface area contributed by atoms with Gasteiger partial charge in [-0.1, -0.05) is 38.1 Å². The molecule has 1 N–H and O–H groups in total. The maximum atomic E-state index is 12.6. The van der Waals surface area contributed by atoms with Gasteiger partial charge in [-0.2, -0.15) is 0 Å². The number of Topliss-reactive ketones (excluding diaryl/α,β-unsaturated/α-hetero) is 1. The standard InChI is InChI=1S/C21H23NO4.C2H6.H2/c1-14-8-6-11-18(16(14)3)22-21(25)17-10-4-5-12-19(17)26-20(24)13-7-9-15(2)23;1-2;/h4-6,8,10-12H,7,9,13H2,1-3H3,(H,22,25);1-2H3;1H. The summed E-state index contributed by atoms with van der Waals surface area (Å²) in [6, 6.07) is 12.3. The molecule has 5 heteroatoms. The molecular formula is C23H31NO4. The van der Waals surface area contributed by atoms with Gasteiger partial charge in [-0.25, -0.2) is 0 Å². The number of amides is 1. The zero-order valence-electron chi connectivity index (χ0n) is 17.3. The van der Waals surface area contributed by atoms with Crippen molar-refractivity contribution >= 4 is 23.3 Å². The van der Waals surface area contributed by atoms with E-state index in [9.17, 15) is 14.4 Å². The summed E-state index contributed by atoms with van der Waals surface area (Å²) in [5, 5.41) is 2.86. The highest BCUT2D eigenvalue weighted by Crippen LogP contribution is 2.23. The van der Waals surface area contributed by atoms with Crippen molar-refractivity contribution in [3.05, 3.63) is 59.2 Å². The Kier molecular flexibility index (Phi) is 9.65. The number of ether oxygens (including phenoxy) is 1. The SMILES string of the molecule is CC.CC(=O)CCCC(=O)Oc1ccccc1C(=O)Nc1cccc(C)c1C.[HH]. The molecule has 0 radical (unpaired) electrons. The number of anilines is 1. The van der Waals surface area contributed by atoms with Crippen molar-refractivity contribution < 1.29 is 20.5 Å². The Bertz CT molecular complexity index is 833. The summed E-state index contributed by atoms with van der Waals surface area (Å²) < 4.78 is 5.33. The van der Waals surface area contributed by atoms with E-state index >= 15 is 0 Å². The lowest BCUT2D eigenvalue weighted by Gasteiger charge is -2.13. The third-order valence-electron chi connectivity index (χ3n) is 4.12. The number of para-hydroxylation sites is 1. The summed E-state index contributed by atoms with van der Waals surface area (Å²) >= 11 is 0. The summed E-state index contributed by atoms with van der Waals surface area (Å²) in [4.78, 5) is 35.5. The van der Waals surface area contributed by atoms with E-state index in [1.54, 1.807) is 24.3 Å². The van der Waals surface area contributed by atoms with Gasteiger partial charge in [0.25, 0.3) is 5.91 Å². The van der Waals surface area contributed by atoms with Crippen molar-refractivity contribution in [2.75, 3.05) is 5.32 Å². The van der Waals surface area contributed by atoms with Crippen LogP contribution in [-0.4, -0.2) is 17.7 Å². The number of carbonyl (C=O) groups is 3. The van der Waals surface area contributed by atoms with Crippen molar-refractivity contribution in [3.63, 3.8) is 0 Å². The molecular weight excluding hydrogens is 354 g/mol. The minimum absolute atomic E-state index is 0. The van der Waals surface area contributed by atoms with Gasteiger partial charge in [0.15, 0.2) is 0 Å². The maximum absolute atomic E-state index is 12.6. The van der Waals surface area contributed by atoms with Gasteiger partial charge in [0.1, 0.15) is 11.5 Å². The minimum atomic E-state index is -0.460. The average Bonchev–Trinajstić information content (AvgIpc) is 2.67. The van der Waals surface area contributed by atoms with E-state index in [1.807, 2.05) is 45.9 Å². The number of ketones is 1. The molecule has 0 atom stereocenters. The van der Waals surface area contributed by atoms with Crippen LogP contribution >= 0.6 is 0 Å². The van der Waals surface area contributed by atoms with Gasteiger partial charge in [0.2, 0.25) is 0 Å². The first kappa shape index (κ1) is 23.1. The van der Waals surface area contributed by atoms with E-state index in [1.165, 1.54) is 6.92 Å². The van der Waals surface area contributed by atoms with Gasteiger partial charge in [0.05, 0.1) is 5.56 Å². The van der Waals surface area contributed by atoms with Crippen LogP contribution in [0.1, 0.15) is 62.9 Å². The van der Waals surface area contributed by atoms with E-state index < -0.39 is 5.97 Å². The summed E-state index contributed by atoms with van der Waals surface area (Å²) in [5.41, 5.74) is 3.07. The monoisotopic (exact) mass is 385 g/mol. The van der Waals surface area contributed by atoms with Crippen LogP contribution in [0.4, 0.5) is 5.69 Å². The van der Waals surface area contributed by atoms with E-state index in [4.69, 9.17) is 4.74 Å². The van der Waals surface area contributed by atoms with Gasteiger partial charge in [-0.05, 0) is 56.5 Å². The normalized spacial score (nSPS) is 9.75. The highest BCUT2D eigenvalue weighted by molar-refractivity contribution is 6.07. The lowest BCUT2D eigenvalue weighted by molar-refractivity contribution is -0.134. The van der Waals surface area contributed by atoms with E-state index in [-0.39, 0.29) is 30.9 Å². The fourth-order valence-corrected chi connectivity index (χ4v) is 2.47. The molecule has 0 bridgehead atoms. The first-order chi connectivity index (χ1) is 13.4. The molecule has 2 rings (SSSR count). The number of carbonyl (C=O) groups excluding carboxylic acids is 3. The number of hydrogen-bond donors (Lipinski definition) is 1. The largest absolute Gasteiger partial charge is 0.426 e. The molecule has 0 aliphatic rings. The zero-order chi connectivity index (χ0) is 21.1. The van der Waals surface area contributed by atoms with Crippen molar-refractivity contribution in [3.8, 4) is 5.75 Å². The van der Waals surface area contributed by atoms with Gasteiger partial charge in [0, 0.05) is 20.0 Å². The van der Waals surface area contributed by atoms with E-state index in [2.05, 4.69) is 5.32 Å². The fraction of sp³-hybridized carbons (Fsp3) is 0.348. The number of rotatable bonds is 7. The number of hydrogen-bond acceptors (Lipinski definition) is 4. The Morgan fingerprint density at radius 1 is 0.964 bits per heavy atom. The first-order valence-electron chi connectivity index (χ1n) is 9.55. The van der Waals surface area contributed by atoms with E-state index in [0.29, 0.717) is 12.8 Å². The molecule has 0 aromatic heterocycles. The molecule has 0 aliphatic heterocycles. The highest BCUT2D eigenvalue weighted by atomic mass is 16.5. The van der Waals surface area contributed by atoms with Crippen LogP contribution < -0.4 is 10.1 Å². The molecule has 0 saturated heterocycles. The Labute approximate surface area is 168 Å². The minimum Gasteiger partial charge on any atom is -0.426 e. The number of nitrogens with one attached hydrogen (secondary N) is 1. The maximum Gasteiger partial charge on any atom is 0.311 e. The Hall–Kier alpha value is -2.95. The molecule has 2 aromatic carbocycles. The van der Waals surface area contributed by atoms with Crippen LogP contribution in [0.15, 0.2) is 42.5 Å².